The van der Waals surface area contributed by atoms with Crippen molar-refractivity contribution in [1.82, 2.24) is 10.7 Å². The number of hydrogen-bond donors (Lipinski definition) is 2. The van der Waals surface area contributed by atoms with Gasteiger partial charge in [-0.3, -0.25) is 9.59 Å². The highest BCUT2D eigenvalue weighted by molar-refractivity contribution is 5.98. The minimum absolute atomic E-state index is 0.114. The molecule has 0 saturated carbocycles. The van der Waals surface area contributed by atoms with Gasteiger partial charge < -0.3 is 10.1 Å². The predicted molar refractivity (Wildman–Crippen MR) is 106 cm³/mol. The molecule has 2 N–H and O–H groups in total. The fourth-order valence-corrected chi connectivity index (χ4v) is 2.49. The summed E-state index contributed by atoms with van der Waals surface area (Å²) < 4.78 is 19.2. The molecule has 0 aromatic heterocycles. The van der Waals surface area contributed by atoms with E-state index in [4.69, 9.17) is 4.74 Å². The van der Waals surface area contributed by atoms with Gasteiger partial charge in [0.25, 0.3) is 11.8 Å². The number of hydrazone groups is 1. The second kappa shape index (κ2) is 10.2. The molecule has 148 valence electrons. The average molecular weight is 385 g/mol. The maximum Gasteiger partial charge on any atom is 0.262 e. The SMILES string of the molecule is CCOc1cccc(/C=N/NC(=O)C(NC(=O)c2ccccc2F)C(C)C)c1. The standard InChI is InChI=1S/C21H24FN3O3/c1-4-28-16-9-7-8-15(12-16)13-23-25-21(27)19(14(2)3)24-20(26)17-10-5-6-11-18(17)22/h5-14,19H,4H2,1-3H3,(H,24,26)(H,25,27)/b23-13+. The van der Waals surface area contributed by atoms with Crippen molar-refractivity contribution in [2.24, 2.45) is 11.0 Å². The van der Waals surface area contributed by atoms with Gasteiger partial charge in [0, 0.05) is 0 Å². The van der Waals surface area contributed by atoms with Crippen molar-refractivity contribution in [2.75, 3.05) is 6.61 Å². The van der Waals surface area contributed by atoms with Gasteiger partial charge >= 0.3 is 0 Å². The van der Waals surface area contributed by atoms with Crippen LogP contribution in [0.25, 0.3) is 0 Å². The van der Waals surface area contributed by atoms with Gasteiger partial charge in [0.1, 0.15) is 17.6 Å². The van der Waals surface area contributed by atoms with E-state index in [1.54, 1.807) is 26.0 Å². The topological polar surface area (TPSA) is 79.8 Å². The Bertz CT molecular complexity index is 852. The minimum Gasteiger partial charge on any atom is -0.494 e. The summed E-state index contributed by atoms with van der Waals surface area (Å²) in [5.74, 6) is -1.30. The van der Waals surface area contributed by atoms with E-state index in [-0.39, 0.29) is 11.5 Å². The van der Waals surface area contributed by atoms with E-state index in [0.29, 0.717) is 12.4 Å². The second-order valence-corrected chi connectivity index (χ2v) is 6.41. The Kier molecular flexibility index (Phi) is 7.68. The molecule has 1 unspecified atom stereocenters. The number of ether oxygens (including phenoxy) is 1. The lowest BCUT2D eigenvalue weighted by Crippen LogP contribution is -2.48. The van der Waals surface area contributed by atoms with Gasteiger partial charge in [0.2, 0.25) is 0 Å². The quantitative estimate of drug-likeness (QED) is 0.541. The van der Waals surface area contributed by atoms with Crippen molar-refractivity contribution in [3.63, 3.8) is 0 Å². The number of halogens is 1. The van der Waals surface area contributed by atoms with Gasteiger partial charge in [-0.1, -0.05) is 38.1 Å². The van der Waals surface area contributed by atoms with Crippen molar-refractivity contribution in [2.45, 2.75) is 26.8 Å². The number of amides is 2. The van der Waals surface area contributed by atoms with Crippen LogP contribution in [0.1, 0.15) is 36.7 Å². The third kappa shape index (κ3) is 5.90. The lowest BCUT2D eigenvalue weighted by molar-refractivity contribution is -0.123. The molecular weight excluding hydrogens is 361 g/mol. The second-order valence-electron chi connectivity index (χ2n) is 6.41. The normalized spacial score (nSPS) is 12.0. The molecule has 0 saturated heterocycles. The molecule has 2 rings (SSSR count). The van der Waals surface area contributed by atoms with Crippen molar-refractivity contribution in [1.29, 1.82) is 0 Å². The maximum atomic E-state index is 13.8. The summed E-state index contributed by atoms with van der Waals surface area (Å²) in [6.45, 7) is 6.00. The summed E-state index contributed by atoms with van der Waals surface area (Å²) in [5.41, 5.74) is 3.06. The smallest absolute Gasteiger partial charge is 0.262 e. The molecule has 1 atom stereocenters. The van der Waals surface area contributed by atoms with E-state index in [9.17, 15) is 14.0 Å². The summed E-state index contributed by atoms with van der Waals surface area (Å²) in [6.07, 6.45) is 1.48. The monoisotopic (exact) mass is 385 g/mol. The molecule has 0 radical (unpaired) electrons. The number of nitrogens with one attached hydrogen (secondary N) is 2. The first-order chi connectivity index (χ1) is 13.4. The van der Waals surface area contributed by atoms with Gasteiger partial charge in [0.15, 0.2) is 0 Å². The number of benzene rings is 2. The van der Waals surface area contributed by atoms with Crippen molar-refractivity contribution in [3.05, 3.63) is 65.5 Å². The highest BCUT2D eigenvalue weighted by atomic mass is 19.1. The molecule has 0 aliphatic carbocycles. The van der Waals surface area contributed by atoms with Crippen LogP contribution in [0.15, 0.2) is 53.6 Å². The Hall–Kier alpha value is -3.22. The number of rotatable bonds is 8. The summed E-state index contributed by atoms with van der Waals surface area (Å²) in [7, 11) is 0. The van der Waals surface area contributed by atoms with E-state index in [2.05, 4.69) is 15.8 Å². The Labute approximate surface area is 163 Å². The molecule has 0 bridgehead atoms. The number of nitrogens with zero attached hydrogens (tertiary/aromatic N) is 1. The zero-order valence-electron chi connectivity index (χ0n) is 16.1. The molecule has 2 aromatic carbocycles. The van der Waals surface area contributed by atoms with Crippen LogP contribution in [0, 0.1) is 11.7 Å². The Balaban J connectivity index is 2.02. The molecule has 0 aliphatic heterocycles. The molecule has 0 fully saturated rings. The number of hydrogen-bond acceptors (Lipinski definition) is 4. The van der Waals surface area contributed by atoms with Crippen LogP contribution in [0.3, 0.4) is 0 Å². The van der Waals surface area contributed by atoms with Crippen molar-refractivity contribution in [3.8, 4) is 5.75 Å². The maximum absolute atomic E-state index is 13.8. The third-order valence-electron chi connectivity index (χ3n) is 3.91. The van der Waals surface area contributed by atoms with Crippen LogP contribution in [-0.2, 0) is 4.79 Å². The molecule has 0 spiro atoms. The fourth-order valence-electron chi connectivity index (χ4n) is 2.49. The lowest BCUT2D eigenvalue weighted by atomic mass is 10.0. The van der Waals surface area contributed by atoms with E-state index in [0.717, 1.165) is 5.56 Å². The van der Waals surface area contributed by atoms with Crippen LogP contribution < -0.4 is 15.5 Å². The van der Waals surface area contributed by atoms with Crippen LogP contribution in [-0.4, -0.2) is 30.7 Å². The van der Waals surface area contributed by atoms with Crippen LogP contribution >= 0.6 is 0 Å². The number of carbonyl (C=O) groups is 2. The van der Waals surface area contributed by atoms with Gasteiger partial charge in [-0.25, -0.2) is 9.82 Å². The van der Waals surface area contributed by atoms with Crippen LogP contribution in [0.2, 0.25) is 0 Å². The Morgan fingerprint density at radius 1 is 1.18 bits per heavy atom. The third-order valence-corrected chi connectivity index (χ3v) is 3.91. The first-order valence-corrected chi connectivity index (χ1v) is 9.03. The molecule has 28 heavy (non-hydrogen) atoms. The zero-order valence-corrected chi connectivity index (χ0v) is 16.1. The molecule has 2 amide bonds. The van der Waals surface area contributed by atoms with Crippen LogP contribution in [0.4, 0.5) is 4.39 Å². The predicted octanol–water partition coefficient (Wildman–Crippen LogP) is 3.13. The van der Waals surface area contributed by atoms with Crippen molar-refractivity contribution >= 4 is 18.0 Å². The fraction of sp³-hybridized carbons (Fsp3) is 0.286. The highest BCUT2D eigenvalue weighted by Crippen LogP contribution is 2.12. The first kappa shape index (κ1) is 21.1. The van der Waals surface area contributed by atoms with Crippen molar-refractivity contribution < 1.29 is 18.7 Å². The number of carbonyl (C=O) groups excluding carboxylic acids is 2. The van der Waals surface area contributed by atoms with E-state index >= 15 is 0 Å². The largest absolute Gasteiger partial charge is 0.494 e. The van der Waals surface area contributed by atoms with Gasteiger partial charge in [0.05, 0.1) is 18.4 Å². The van der Waals surface area contributed by atoms with Gasteiger partial charge in [-0.2, -0.15) is 5.10 Å². The molecule has 6 nitrogen and oxygen atoms in total. The first-order valence-electron chi connectivity index (χ1n) is 9.03. The molecule has 2 aromatic rings. The van der Waals surface area contributed by atoms with Gasteiger partial charge in [-0.05, 0) is 42.7 Å². The van der Waals surface area contributed by atoms with E-state index in [1.807, 2.05) is 25.1 Å². The van der Waals surface area contributed by atoms with Gasteiger partial charge in [-0.15, -0.1) is 0 Å². The summed E-state index contributed by atoms with van der Waals surface area (Å²) in [4.78, 5) is 24.7. The summed E-state index contributed by atoms with van der Waals surface area (Å²) >= 11 is 0. The molecule has 0 heterocycles. The lowest BCUT2D eigenvalue weighted by Gasteiger charge is -2.20. The summed E-state index contributed by atoms with van der Waals surface area (Å²) in [6, 6.07) is 12.0. The molecule has 7 heteroatoms. The van der Waals surface area contributed by atoms with Crippen LogP contribution in [0.5, 0.6) is 5.75 Å². The zero-order chi connectivity index (χ0) is 20.5. The molecule has 0 aliphatic rings. The van der Waals surface area contributed by atoms with E-state index in [1.165, 1.54) is 24.4 Å². The minimum atomic E-state index is -0.862. The highest BCUT2D eigenvalue weighted by Gasteiger charge is 2.25. The Morgan fingerprint density at radius 2 is 1.93 bits per heavy atom. The van der Waals surface area contributed by atoms with E-state index < -0.39 is 23.7 Å². The molecular formula is C21H24FN3O3. The average Bonchev–Trinajstić information content (AvgIpc) is 2.66. The Morgan fingerprint density at radius 3 is 2.61 bits per heavy atom. The summed E-state index contributed by atoms with van der Waals surface area (Å²) in [5, 5.41) is 6.50.